The van der Waals surface area contributed by atoms with E-state index in [2.05, 4.69) is 25.6 Å². The summed E-state index contributed by atoms with van der Waals surface area (Å²) in [6, 6.07) is 6.66. The van der Waals surface area contributed by atoms with Crippen LogP contribution in [0.2, 0.25) is 5.15 Å². The van der Waals surface area contributed by atoms with Crippen LogP contribution in [0.25, 0.3) is 11.4 Å². The molecule has 1 fully saturated rings. The van der Waals surface area contributed by atoms with E-state index < -0.39 is 11.6 Å². The normalized spacial score (nSPS) is 13.4. The minimum Gasteiger partial charge on any atom is -0.494 e. The van der Waals surface area contributed by atoms with Crippen molar-refractivity contribution in [2.45, 2.75) is 32.9 Å². The Morgan fingerprint density at radius 2 is 1.95 bits per heavy atom. The first-order valence-electron chi connectivity index (χ1n) is 11.1. The number of hydrogen-bond donors (Lipinski definition) is 2. The van der Waals surface area contributed by atoms with E-state index in [0.29, 0.717) is 42.5 Å². The number of ether oxygens (including phenoxy) is 2. The minimum atomic E-state index is -1.25. The molecule has 3 aromatic rings. The zero-order chi connectivity index (χ0) is 26.0. The van der Waals surface area contributed by atoms with Crippen molar-refractivity contribution in [1.29, 1.82) is 0 Å². The number of amides is 1. The molecule has 1 aliphatic rings. The standard InChI is InChI=1S/C23H26ClN7O5.Zn/c1-23(2,3)36-22(34)30-9-13(10-30)11-31-12-25-20(29-31)14-6-5-7-15(19(14)35-4)26-16-8-17(24)27-28-18(16)21(32)33;/h5-8,12-13H,9-11H2,1-4H3,(H,26,27)(H,32,33);. The van der Waals surface area contributed by atoms with Gasteiger partial charge in [-0.25, -0.2) is 14.6 Å². The number of carboxylic acid groups (broad SMARTS) is 1. The van der Waals surface area contributed by atoms with E-state index in [1.54, 1.807) is 34.1 Å². The summed E-state index contributed by atoms with van der Waals surface area (Å²) < 4.78 is 12.7. The molecule has 0 radical (unpaired) electrons. The van der Waals surface area contributed by atoms with Crippen molar-refractivity contribution in [1.82, 2.24) is 29.9 Å². The number of carbonyl (C=O) groups is 2. The maximum atomic E-state index is 12.1. The second-order valence-corrected chi connectivity index (χ2v) is 9.67. The first kappa shape index (κ1) is 28.3. The number of likely N-dealkylation sites (tertiary alicyclic amines) is 1. The van der Waals surface area contributed by atoms with Gasteiger partial charge in [-0.3, -0.25) is 4.68 Å². The molecule has 1 aromatic carbocycles. The van der Waals surface area contributed by atoms with Gasteiger partial charge in [0.15, 0.2) is 22.4 Å². The van der Waals surface area contributed by atoms with Gasteiger partial charge in [0.25, 0.3) is 0 Å². The molecule has 0 bridgehead atoms. The van der Waals surface area contributed by atoms with Gasteiger partial charge in [-0.15, -0.1) is 10.2 Å². The Hall–Kier alpha value is -3.31. The average molecular weight is 581 g/mol. The van der Waals surface area contributed by atoms with Crippen LogP contribution in [0.4, 0.5) is 16.2 Å². The first-order valence-corrected chi connectivity index (χ1v) is 11.5. The van der Waals surface area contributed by atoms with Gasteiger partial charge in [0.1, 0.15) is 11.9 Å². The van der Waals surface area contributed by atoms with Crippen molar-refractivity contribution in [3.63, 3.8) is 0 Å². The van der Waals surface area contributed by atoms with E-state index in [4.69, 9.17) is 21.1 Å². The molecule has 4 rings (SSSR count). The van der Waals surface area contributed by atoms with Crippen molar-refractivity contribution < 1.29 is 43.6 Å². The van der Waals surface area contributed by atoms with Crippen LogP contribution in [0.5, 0.6) is 5.75 Å². The molecule has 1 saturated heterocycles. The van der Waals surface area contributed by atoms with Gasteiger partial charge in [-0.2, -0.15) is 5.10 Å². The van der Waals surface area contributed by atoms with Gasteiger partial charge in [0, 0.05) is 51.1 Å². The molecule has 12 nitrogen and oxygen atoms in total. The summed E-state index contributed by atoms with van der Waals surface area (Å²) >= 11 is 5.91. The zero-order valence-electron chi connectivity index (χ0n) is 20.9. The molecular formula is C23H26ClN7O5Zn. The van der Waals surface area contributed by atoms with Gasteiger partial charge in [0.2, 0.25) is 0 Å². The van der Waals surface area contributed by atoms with Gasteiger partial charge < -0.3 is 24.8 Å². The van der Waals surface area contributed by atoms with Crippen molar-refractivity contribution in [3.05, 3.63) is 41.4 Å². The number of halogens is 1. The number of rotatable bonds is 7. The summed E-state index contributed by atoms with van der Waals surface area (Å²) in [7, 11) is 1.50. The number of nitrogens with one attached hydrogen (secondary N) is 1. The molecule has 37 heavy (non-hydrogen) atoms. The second-order valence-electron chi connectivity index (χ2n) is 9.29. The van der Waals surface area contributed by atoms with Crippen LogP contribution in [-0.2, 0) is 30.8 Å². The Kier molecular flexibility index (Phi) is 8.70. The molecule has 0 atom stereocenters. The predicted molar refractivity (Wildman–Crippen MR) is 131 cm³/mol. The van der Waals surface area contributed by atoms with Crippen LogP contribution in [0.15, 0.2) is 30.6 Å². The molecule has 2 N–H and O–H groups in total. The summed E-state index contributed by atoms with van der Waals surface area (Å²) in [6.45, 7) is 7.28. The third-order valence-electron chi connectivity index (χ3n) is 5.29. The third-order valence-corrected chi connectivity index (χ3v) is 5.47. The number of nitrogens with zero attached hydrogens (tertiary/aromatic N) is 6. The molecule has 1 amide bonds. The number of aromatic carboxylic acids is 1. The fraction of sp³-hybridized carbons (Fsp3) is 0.391. The monoisotopic (exact) mass is 579 g/mol. The maximum absolute atomic E-state index is 12.1. The number of carboxylic acids is 1. The van der Waals surface area contributed by atoms with E-state index in [0.717, 1.165) is 0 Å². The van der Waals surface area contributed by atoms with E-state index in [1.165, 1.54) is 13.2 Å². The van der Waals surface area contributed by atoms with Gasteiger partial charge in [-0.05, 0) is 32.9 Å². The van der Waals surface area contributed by atoms with Crippen LogP contribution in [-0.4, -0.2) is 72.8 Å². The molecule has 0 saturated carbocycles. The van der Waals surface area contributed by atoms with E-state index in [-0.39, 0.29) is 48.0 Å². The summed E-state index contributed by atoms with van der Waals surface area (Å²) in [5, 5.41) is 24.3. The smallest absolute Gasteiger partial charge is 0.410 e. The van der Waals surface area contributed by atoms with Gasteiger partial charge >= 0.3 is 12.1 Å². The largest absolute Gasteiger partial charge is 0.494 e. The Bertz CT molecular complexity index is 1290. The first-order chi connectivity index (χ1) is 17.0. The molecule has 0 unspecified atom stereocenters. The average Bonchev–Trinajstić information content (AvgIpc) is 3.23. The van der Waals surface area contributed by atoms with Crippen LogP contribution < -0.4 is 10.1 Å². The van der Waals surface area contributed by atoms with Crippen LogP contribution >= 0.6 is 11.6 Å². The summed E-state index contributed by atoms with van der Waals surface area (Å²) in [5.41, 5.74) is 0.437. The Labute approximate surface area is 231 Å². The molecule has 192 valence electrons. The van der Waals surface area contributed by atoms with E-state index in [1.807, 2.05) is 20.8 Å². The molecule has 3 heterocycles. The molecule has 0 spiro atoms. The fourth-order valence-corrected chi connectivity index (χ4v) is 3.88. The summed E-state index contributed by atoms with van der Waals surface area (Å²) in [5.74, 6) is -0.166. The third kappa shape index (κ3) is 6.72. The number of aromatic nitrogens is 5. The van der Waals surface area contributed by atoms with Gasteiger partial charge in [-0.1, -0.05) is 17.7 Å². The minimum absolute atomic E-state index is 0. The summed E-state index contributed by atoms with van der Waals surface area (Å²) in [6.07, 6.45) is 1.31. The number of anilines is 2. The number of benzene rings is 1. The van der Waals surface area contributed by atoms with Crippen LogP contribution in [0.3, 0.4) is 0 Å². The quantitative estimate of drug-likeness (QED) is 0.397. The van der Waals surface area contributed by atoms with Gasteiger partial charge in [0.05, 0.1) is 24.0 Å². The van der Waals surface area contributed by atoms with Crippen molar-refractivity contribution in [2.75, 3.05) is 25.5 Å². The SMILES string of the molecule is COc1c(Nc2cc(Cl)nnc2C(=O)O)cccc1-c1ncn(CC2CN(C(=O)OC(C)(C)C)C2)n1.[Zn]. The number of methoxy groups -OCH3 is 1. The number of hydrogen-bond acceptors (Lipinski definition) is 9. The fourth-order valence-electron chi connectivity index (χ4n) is 3.73. The van der Waals surface area contributed by atoms with Crippen molar-refractivity contribution in [2.24, 2.45) is 5.92 Å². The Morgan fingerprint density at radius 1 is 1.22 bits per heavy atom. The molecule has 14 heteroatoms. The van der Waals surface area contributed by atoms with E-state index >= 15 is 0 Å². The Morgan fingerprint density at radius 3 is 2.59 bits per heavy atom. The topological polar surface area (TPSA) is 145 Å². The molecule has 1 aliphatic heterocycles. The van der Waals surface area contributed by atoms with Crippen LogP contribution in [0, 0.1) is 5.92 Å². The maximum Gasteiger partial charge on any atom is 0.410 e. The van der Waals surface area contributed by atoms with Crippen LogP contribution in [0.1, 0.15) is 31.3 Å². The Balaban J connectivity index is 0.00000380. The van der Waals surface area contributed by atoms with E-state index in [9.17, 15) is 14.7 Å². The molecule has 2 aromatic heterocycles. The zero-order valence-corrected chi connectivity index (χ0v) is 24.7. The second kappa shape index (κ2) is 11.4. The molecular weight excluding hydrogens is 555 g/mol. The van der Waals surface area contributed by atoms with Crippen molar-refractivity contribution in [3.8, 4) is 17.1 Å². The number of carbonyl (C=O) groups excluding carboxylic acids is 1. The number of para-hydroxylation sites is 1. The predicted octanol–water partition coefficient (Wildman–Crippen LogP) is 3.70. The van der Waals surface area contributed by atoms with Crippen molar-refractivity contribution >= 4 is 35.0 Å². The molecule has 0 aliphatic carbocycles. The summed E-state index contributed by atoms with van der Waals surface area (Å²) in [4.78, 5) is 29.8.